The summed E-state index contributed by atoms with van der Waals surface area (Å²) in [5.41, 5.74) is 9.58. The number of benzene rings is 3. The van der Waals surface area contributed by atoms with Crippen molar-refractivity contribution in [3.63, 3.8) is 0 Å². The Kier molecular flexibility index (Phi) is 5.82. The van der Waals surface area contributed by atoms with Crippen molar-refractivity contribution in [2.45, 2.75) is 13.3 Å². The monoisotopic (exact) mass is 452 g/mol. The van der Waals surface area contributed by atoms with Crippen LogP contribution in [0.3, 0.4) is 0 Å². The van der Waals surface area contributed by atoms with Crippen molar-refractivity contribution in [3.8, 4) is 5.75 Å². The zero-order valence-electron chi connectivity index (χ0n) is 18.7. The minimum atomic E-state index is -0.448. The Morgan fingerprint density at radius 2 is 1.76 bits per heavy atom. The Hall–Kier alpha value is -4.39. The van der Waals surface area contributed by atoms with Gasteiger partial charge in [-0.25, -0.2) is 4.98 Å². The molecule has 7 heteroatoms. The SMILES string of the molecule is Cc1ccc2cc3c(nc2c1)N(c1ccc(C(=O)NNC(=O)COc2ccccc2)cc1)CC3. The van der Waals surface area contributed by atoms with Crippen LogP contribution in [-0.2, 0) is 11.2 Å². The molecule has 0 radical (unpaired) electrons. The van der Waals surface area contributed by atoms with E-state index in [0.717, 1.165) is 35.4 Å². The first-order valence-electron chi connectivity index (χ1n) is 11.1. The highest BCUT2D eigenvalue weighted by molar-refractivity contribution is 5.96. The summed E-state index contributed by atoms with van der Waals surface area (Å²) in [5, 5.41) is 1.15. The van der Waals surface area contributed by atoms with Crippen LogP contribution in [0.4, 0.5) is 11.5 Å². The van der Waals surface area contributed by atoms with Gasteiger partial charge in [-0.15, -0.1) is 0 Å². The minimum Gasteiger partial charge on any atom is -0.484 e. The summed E-state index contributed by atoms with van der Waals surface area (Å²) in [6.07, 6.45) is 0.922. The van der Waals surface area contributed by atoms with Gasteiger partial charge < -0.3 is 9.64 Å². The number of pyridine rings is 1. The maximum absolute atomic E-state index is 12.4. The molecule has 170 valence electrons. The highest BCUT2D eigenvalue weighted by atomic mass is 16.5. The Labute approximate surface area is 197 Å². The molecular weight excluding hydrogens is 428 g/mol. The molecule has 2 amide bonds. The van der Waals surface area contributed by atoms with Crippen LogP contribution in [0.15, 0.2) is 78.9 Å². The highest BCUT2D eigenvalue weighted by Gasteiger charge is 2.23. The topological polar surface area (TPSA) is 83.6 Å². The molecule has 4 aromatic rings. The lowest BCUT2D eigenvalue weighted by molar-refractivity contribution is -0.123. The molecule has 2 N–H and O–H groups in total. The predicted octanol–water partition coefficient (Wildman–Crippen LogP) is 4.08. The van der Waals surface area contributed by atoms with Gasteiger partial charge in [-0.2, -0.15) is 0 Å². The third-order valence-electron chi connectivity index (χ3n) is 5.76. The number of ether oxygens (including phenoxy) is 1. The zero-order chi connectivity index (χ0) is 23.5. The third-order valence-corrected chi connectivity index (χ3v) is 5.76. The Morgan fingerprint density at radius 1 is 0.971 bits per heavy atom. The number of rotatable bonds is 5. The zero-order valence-corrected chi connectivity index (χ0v) is 18.7. The molecule has 1 aromatic heterocycles. The van der Waals surface area contributed by atoms with Gasteiger partial charge in [0.2, 0.25) is 0 Å². The van der Waals surface area contributed by atoms with E-state index < -0.39 is 11.8 Å². The summed E-state index contributed by atoms with van der Waals surface area (Å²) in [5.74, 6) is 0.693. The normalized spacial score (nSPS) is 12.3. The van der Waals surface area contributed by atoms with E-state index in [4.69, 9.17) is 9.72 Å². The number of aryl methyl sites for hydroxylation is 1. The molecule has 5 rings (SSSR count). The van der Waals surface area contributed by atoms with Gasteiger partial charge in [-0.1, -0.05) is 30.3 Å². The van der Waals surface area contributed by atoms with Crippen LogP contribution in [-0.4, -0.2) is 29.9 Å². The predicted molar refractivity (Wildman–Crippen MR) is 131 cm³/mol. The lowest BCUT2D eigenvalue weighted by atomic mass is 10.1. The van der Waals surface area contributed by atoms with E-state index in [-0.39, 0.29) is 6.61 Å². The Morgan fingerprint density at radius 3 is 2.56 bits per heavy atom. The van der Waals surface area contributed by atoms with Crippen LogP contribution < -0.4 is 20.5 Å². The number of aromatic nitrogens is 1. The summed E-state index contributed by atoms with van der Waals surface area (Å²) < 4.78 is 5.37. The number of fused-ring (bicyclic) bond motifs is 2. The summed E-state index contributed by atoms with van der Waals surface area (Å²) >= 11 is 0. The molecule has 3 aromatic carbocycles. The molecule has 1 aliphatic heterocycles. The van der Waals surface area contributed by atoms with Gasteiger partial charge in [0.05, 0.1) is 5.52 Å². The quantitative estimate of drug-likeness (QED) is 0.446. The lowest BCUT2D eigenvalue weighted by Crippen LogP contribution is -2.43. The van der Waals surface area contributed by atoms with Gasteiger partial charge in [-0.3, -0.25) is 20.4 Å². The van der Waals surface area contributed by atoms with Crippen molar-refractivity contribution in [3.05, 3.63) is 95.6 Å². The van der Waals surface area contributed by atoms with Crippen LogP contribution >= 0.6 is 0 Å². The lowest BCUT2D eigenvalue weighted by Gasteiger charge is -2.19. The average molecular weight is 453 g/mol. The van der Waals surface area contributed by atoms with Gasteiger partial charge in [0.25, 0.3) is 11.8 Å². The Balaban J connectivity index is 1.21. The van der Waals surface area contributed by atoms with E-state index in [1.807, 2.05) is 30.3 Å². The van der Waals surface area contributed by atoms with E-state index in [1.165, 1.54) is 11.1 Å². The number of carbonyl (C=O) groups is 2. The number of nitrogens with one attached hydrogen (secondary N) is 2. The minimum absolute atomic E-state index is 0.196. The molecule has 34 heavy (non-hydrogen) atoms. The van der Waals surface area contributed by atoms with Gasteiger partial charge in [0.1, 0.15) is 11.6 Å². The first kappa shape index (κ1) is 21.5. The number of carbonyl (C=O) groups excluding carboxylic acids is 2. The number of para-hydroxylation sites is 1. The van der Waals surface area contributed by atoms with Gasteiger partial charge in [0, 0.05) is 23.2 Å². The summed E-state index contributed by atoms with van der Waals surface area (Å²) in [7, 11) is 0. The van der Waals surface area contributed by atoms with E-state index in [0.29, 0.717) is 11.3 Å². The molecule has 0 fully saturated rings. The van der Waals surface area contributed by atoms with Gasteiger partial charge in [0.15, 0.2) is 6.61 Å². The molecule has 0 atom stereocenters. The van der Waals surface area contributed by atoms with Crippen molar-refractivity contribution < 1.29 is 14.3 Å². The maximum atomic E-state index is 12.4. The first-order valence-corrected chi connectivity index (χ1v) is 11.1. The van der Waals surface area contributed by atoms with E-state index >= 15 is 0 Å². The smallest absolute Gasteiger partial charge is 0.276 e. The number of nitrogens with zero attached hydrogens (tertiary/aromatic N) is 2. The van der Waals surface area contributed by atoms with Crippen LogP contribution in [0.1, 0.15) is 21.5 Å². The second-order valence-electron chi connectivity index (χ2n) is 8.22. The van der Waals surface area contributed by atoms with Crippen molar-refractivity contribution >= 4 is 34.2 Å². The number of hydrogen-bond donors (Lipinski definition) is 2. The summed E-state index contributed by atoms with van der Waals surface area (Å²) in [6.45, 7) is 2.70. The van der Waals surface area contributed by atoms with Gasteiger partial charge in [-0.05, 0) is 73.0 Å². The maximum Gasteiger partial charge on any atom is 0.276 e. The molecule has 0 saturated carbocycles. The molecule has 0 unspecified atom stereocenters. The fourth-order valence-electron chi connectivity index (χ4n) is 4.01. The molecule has 2 heterocycles. The standard InChI is InChI=1S/C27H24N4O3/c1-18-7-8-20-16-21-13-14-31(26(21)28-24(20)15-18)22-11-9-19(10-12-22)27(33)30-29-25(32)17-34-23-5-3-2-4-6-23/h2-12,15-16H,13-14,17H2,1H3,(H,29,32)(H,30,33). The number of amides is 2. The fourth-order valence-corrected chi connectivity index (χ4v) is 4.01. The molecule has 0 saturated heterocycles. The largest absolute Gasteiger partial charge is 0.484 e. The number of hydrazine groups is 1. The van der Waals surface area contributed by atoms with Crippen LogP contribution in [0, 0.1) is 6.92 Å². The Bertz CT molecular complexity index is 1350. The summed E-state index contributed by atoms with van der Waals surface area (Å²) in [6, 6.07) is 24.8. The third kappa shape index (κ3) is 4.54. The molecule has 0 aliphatic carbocycles. The molecular formula is C27H24N4O3. The van der Waals surface area contributed by atoms with E-state index in [1.54, 1.807) is 24.3 Å². The van der Waals surface area contributed by atoms with Crippen molar-refractivity contribution in [1.29, 1.82) is 0 Å². The second kappa shape index (κ2) is 9.23. The van der Waals surface area contributed by atoms with Gasteiger partial charge >= 0.3 is 0 Å². The van der Waals surface area contributed by atoms with E-state index in [9.17, 15) is 9.59 Å². The molecule has 7 nitrogen and oxygen atoms in total. The van der Waals surface area contributed by atoms with Crippen LogP contribution in [0.25, 0.3) is 10.9 Å². The second-order valence-corrected chi connectivity index (χ2v) is 8.22. The average Bonchev–Trinajstić information content (AvgIpc) is 3.28. The van der Waals surface area contributed by atoms with Crippen molar-refractivity contribution in [1.82, 2.24) is 15.8 Å². The highest BCUT2D eigenvalue weighted by Crippen LogP contribution is 2.35. The number of hydrogen-bond acceptors (Lipinski definition) is 5. The van der Waals surface area contributed by atoms with E-state index in [2.05, 4.69) is 46.9 Å². The van der Waals surface area contributed by atoms with Crippen molar-refractivity contribution in [2.75, 3.05) is 18.1 Å². The summed E-state index contributed by atoms with van der Waals surface area (Å²) in [4.78, 5) is 31.5. The molecule has 0 spiro atoms. The first-order chi connectivity index (χ1) is 16.6. The molecule has 1 aliphatic rings. The fraction of sp³-hybridized carbons (Fsp3) is 0.148. The molecule has 0 bridgehead atoms. The van der Waals surface area contributed by atoms with Crippen LogP contribution in [0.5, 0.6) is 5.75 Å². The van der Waals surface area contributed by atoms with Crippen molar-refractivity contribution in [2.24, 2.45) is 0 Å². The van der Waals surface area contributed by atoms with Crippen LogP contribution in [0.2, 0.25) is 0 Å². The number of anilines is 2.